The Morgan fingerprint density at radius 3 is 2.71 bits per heavy atom. The number of carbonyl (C=O) groups excluding carboxylic acids is 2. The molecule has 1 unspecified atom stereocenters. The van der Waals surface area contributed by atoms with Crippen molar-refractivity contribution in [1.29, 1.82) is 0 Å². The summed E-state index contributed by atoms with van der Waals surface area (Å²) in [6, 6.07) is 7.59. The van der Waals surface area contributed by atoms with Crippen molar-refractivity contribution in [1.82, 2.24) is 10.6 Å². The fraction of sp³-hybridized carbons (Fsp3) is 0.467. The SMILES string of the molecule is CC(=O)Nc1ccc(CCNC(=O)C2CNCCO2)cc1. The molecule has 1 aliphatic heterocycles. The molecule has 2 amide bonds. The first-order valence-electron chi connectivity index (χ1n) is 7.12. The number of rotatable bonds is 5. The highest BCUT2D eigenvalue weighted by Crippen LogP contribution is 2.09. The van der Waals surface area contributed by atoms with Crippen LogP contribution in [0.5, 0.6) is 0 Å². The Balaban J connectivity index is 1.72. The molecule has 2 rings (SSSR count). The second-order valence-corrected chi connectivity index (χ2v) is 4.98. The molecule has 114 valence electrons. The van der Waals surface area contributed by atoms with E-state index in [1.54, 1.807) is 0 Å². The molecule has 0 radical (unpaired) electrons. The minimum absolute atomic E-state index is 0.0722. The van der Waals surface area contributed by atoms with Gasteiger partial charge in [0, 0.05) is 32.2 Å². The minimum Gasteiger partial charge on any atom is -0.366 e. The van der Waals surface area contributed by atoms with Crippen molar-refractivity contribution in [3.8, 4) is 0 Å². The molecule has 0 aliphatic carbocycles. The third kappa shape index (κ3) is 5.17. The summed E-state index contributed by atoms with van der Waals surface area (Å²) in [5.41, 5.74) is 1.88. The van der Waals surface area contributed by atoms with Gasteiger partial charge in [-0.2, -0.15) is 0 Å². The van der Waals surface area contributed by atoms with E-state index in [9.17, 15) is 9.59 Å². The van der Waals surface area contributed by atoms with E-state index in [-0.39, 0.29) is 17.9 Å². The summed E-state index contributed by atoms with van der Waals surface area (Å²) < 4.78 is 5.38. The molecule has 1 aromatic rings. The van der Waals surface area contributed by atoms with Crippen LogP contribution in [0.15, 0.2) is 24.3 Å². The molecule has 3 N–H and O–H groups in total. The van der Waals surface area contributed by atoms with Gasteiger partial charge in [0.2, 0.25) is 11.8 Å². The lowest BCUT2D eigenvalue weighted by molar-refractivity contribution is -0.134. The van der Waals surface area contributed by atoms with Gasteiger partial charge in [-0.15, -0.1) is 0 Å². The lowest BCUT2D eigenvalue weighted by atomic mass is 10.1. The van der Waals surface area contributed by atoms with Crippen molar-refractivity contribution in [2.75, 3.05) is 31.6 Å². The van der Waals surface area contributed by atoms with Crippen molar-refractivity contribution in [3.63, 3.8) is 0 Å². The van der Waals surface area contributed by atoms with E-state index in [4.69, 9.17) is 4.74 Å². The highest BCUT2D eigenvalue weighted by atomic mass is 16.5. The quantitative estimate of drug-likeness (QED) is 0.728. The normalized spacial score (nSPS) is 18.0. The second-order valence-electron chi connectivity index (χ2n) is 4.98. The summed E-state index contributed by atoms with van der Waals surface area (Å²) >= 11 is 0. The molecule has 21 heavy (non-hydrogen) atoms. The first-order valence-corrected chi connectivity index (χ1v) is 7.12. The van der Waals surface area contributed by atoms with Gasteiger partial charge in [0.05, 0.1) is 6.61 Å². The molecule has 1 aliphatic rings. The number of carbonyl (C=O) groups is 2. The van der Waals surface area contributed by atoms with Gasteiger partial charge in [-0.05, 0) is 24.1 Å². The largest absolute Gasteiger partial charge is 0.366 e. The van der Waals surface area contributed by atoms with Gasteiger partial charge in [0.15, 0.2) is 0 Å². The Bertz CT molecular complexity index is 481. The molecule has 1 atom stereocenters. The van der Waals surface area contributed by atoms with Gasteiger partial charge in [-0.3, -0.25) is 9.59 Å². The van der Waals surface area contributed by atoms with Gasteiger partial charge in [0.1, 0.15) is 6.10 Å². The van der Waals surface area contributed by atoms with E-state index in [2.05, 4.69) is 16.0 Å². The van der Waals surface area contributed by atoms with Crippen molar-refractivity contribution in [2.45, 2.75) is 19.4 Å². The van der Waals surface area contributed by atoms with Crippen LogP contribution in [0.1, 0.15) is 12.5 Å². The van der Waals surface area contributed by atoms with Crippen LogP contribution in [-0.2, 0) is 20.7 Å². The zero-order valence-corrected chi connectivity index (χ0v) is 12.1. The van der Waals surface area contributed by atoms with E-state index < -0.39 is 0 Å². The topological polar surface area (TPSA) is 79.5 Å². The number of benzene rings is 1. The fourth-order valence-corrected chi connectivity index (χ4v) is 2.14. The van der Waals surface area contributed by atoms with E-state index in [1.165, 1.54) is 6.92 Å². The molecular weight excluding hydrogens is 270 g/mol. The number of ether oxygens (including phenoxy) is 1. The average Bonchev–Trinajstić information content (AvgIpc) is 2.49. The van der Waals surface area contributed by atoms with Crippen molar-refractivity contribution in [3.05, 3.63) is 29.8 Å². The molecular formula is C15H21N3O3. The Labute approximate surface area is 124 Å². The summed E-state index contributed by atoms with van der Waals surface area (Å²) in [5, 5.41) is 8.72. The fourth-order valence-electron chi connectivity index (χ4n) is 2.14. The van der Waals surface area contributed by atoms with E-state index in [0.717, 1.165) is 24.2 Å². The second kappa shape index (κ2) is 7.75. The molecule has 1 fully saturated rings. The number of nitrogens with one attached hydrogen (secondary N) is 3. The lowest BCUT2D eigenvalue weighted by Gasteiger charge is -2.22. The van der Waals surface area contributed by atoms with Crippen molar-refractivity contribution < 1.29 is 14.3 Å². The van der Waals surface area contributed by atoms with Gasteiger partial charge in [-0.25, -0.2) is 0 Å². The molecule has 0 bridgehead atoms. The summed E-state index contributed by atoms with van der Waals surface area (Å²) in [6.07, 6.45) is 0.354. The van der Waals surface area contributed by atoms with Crippen LogP contribution in [0.2, 0.25) is 0 Å². The lowest BCUT2D eigenvalue weighted by Crippen LogP contribution is -2.48. The molecule has 1 heterocycles. The Morgan fingerprint density at radius 1 is 1.33 bits per heavy atom. The minimum atomic E-state index is -0.388. The molecule has 6 nitrogen and oxygen atoms in total. The number of anilines is 1. The number of amides is 2. The van der Waals surface area contributed by atoms with Crippen LogP contribution in [0.3, 0.4) is 0 Å². The first-order chi connectivity index (χ1) is 10.1. The highest BCUT2D eigenvalue weighted by Gasteiger charge is 2.20. The monoisotopic (exact) mass is 291 g/mol. The average molecular weight is 291 g/mol. The number of hydrogen-bond acceptors (Lipinski definition) is 4. The number of morpholine rings is 1. The van der Waals surface area contributed by atoms with E-state index in [0.29, 0.717) is 19.7 Å². The van der Waals surface area contributed by atoms with E-state index >= 15 is 0 Å². The van der Waals surface area contributed by atoms with Gasteiger partial charge in [-0.1, -0.05) is 12.1 Å². The predicted octanol–water partition coefficient (Wildman–Crippen LogP) is 0.292. The first kappa shape index (κ1) is 15.5. The third-order valence-corrected chi connectivity index (χ3v) is 3.21. The summed E-state index contributed by atoms with van der Waals surface area (Å²) in [5.74, 6) is -0.159. The summed E-state index contributed by atoms with van der Waals surface area (Å²) in [4.78, 5) is 22.8. The molecule has 6 heteroatoms. The Hall–Kier alpha value is -1.92. The zero-order valence-electron chi connectivity index (χ0n) is 12.1. The predicted molar refractivity (Wildman–Crippen MR) is 80.1 cm³/mol. The van der Waals surface area contributed by atoms with E-state index in [1.807, 2.05) is 24.3 Å². The van der Waals surface area contributed by atoms with Crippen LogP contribution in [-0.4, -0.2) is 44.2 Å². The molecule has 1 saturated heterocycles. The number of hydrogen-bond donors (Lipinski definition) is 3. The molecule has 0 saturated carbocycles. The van der Waals surface area contributed by atoms with Gasteiger partial charge < -0.3 is 20.7 Å². The van der Waals surface area contributed by atoms with Gasteiger partial charge in [0.25, 0.3) is 0 Å². The maximum atomic E-state index is 11.8. The highest BCUT2D eigenvalue weighted by molar-refractivity contribution is 5.88. The molecule has 0 spiro atoms. The maximum Gasteiger partial charge on any atom is 0.250 e. The standard InChI is InChI=1S/C15H21N3O3/c1-11(19)18-13-4-2-12(3-5-13)6-7-17-15(20)14-10-16-8-9-21-14/h2-5,14,16H,6-10H2,1H3,(H,17,20)(H,18,19). The Morgan fingerprint density at radius 2 is 2.10 bits per heavy atom. The molecule has 0 aromatic heterocycles. The van der Waals surface area contributed by atoms with Crippen molar-refractivity contribution in [2.24, 2.45) is 0 Å². The zero-order chi connectivity index (χ0) is 15.1. The smallest absolute Gasteiger partial charge is 0.250 e. The van der Waals surface area contributed by atoms with Crippen LogP contribution >= 0.6 is 0 Å². The Kier molecular flexibility index (Phi) is 5.71. The van der Waals surface area contributed by atoms with Crippen LogP contribution in [0.25, 0.3) is 0 Å². The summed E-state index contributed by atoms with van der Waals surface area (Å²) in [7, 11) is 0. The maximum absolute atomic E-state index is 11.8. The van der Waals surface area contributed by atoms with Crippen LogP contribution in [0, 0.1) is 0 Å². The van der Waals surface area contributed by atoms with Crippen molar-refractivity contribution >= 4 is 17.5 Å². The van der Waals surface area contributed by atoms with Crippen LogP contribution in [0.4, 0.5) is 5.69 Å². The van der Waals surface area contributed by atoms with Gasteiger partial charge >= 0.3 is 0 Å². The molecule has 1 aromatic carbocycles. The third-order valence-electron chi connectivity index (χ3n) is 3.21. The summed E-state index contributed by atoms with van der Waals surface area (Å²) in [6.45, 7) is 3.98. The van der Waals surface area contributed by atoms with Crippen LogP contribution < -0.4 is 16.0 Å².